The maximum Gasteiger partial charge on any atom is 0.161 e. The van der Waals surface area contributed by atoms with Crippen LogP contribution in [0.1, 0.15) is 65.7 Å². The summed E-state index contributed by atoms with van der Waals surface area (Å²) in [6, 6.07) is 0. The zero-order chi connectivity index (χ0) is 18.2. The number of ketones is 2. The minimum absolute atomic E-state index is 0.117. The van der Waals surface area contributed by atoms with Crippen molar-refractivity contribution in [2.45, 2.75) is 77.4 Å². The SMILES string of the molecule is CC(=O)[C@@]1(O)CC[C@H]2[C@@H]3CCC4=CC(=O)CC[C@]4(C)[C@H]3C(O)C[C@@]21C. The van der Waals surface area contributed by atoms with Gasteiger partial charge in [-0.1, -0.05) is 19.4 Å². The van der Waals surface area contributed by atoms with Crippen LogP contribution in [-0.4, -0.2) is 33.5 Å². The van der Waals surface area contributed by atoms with Gasteiger partial charge in [-0.2, -0.15) is 0 Å². The first kappa shape index (κ1) is 17.4. The molecule has 3 fully saturated rings. The molecule has 1 unspecified atom stereocenters. The van der Waals surface area contributed by atoms with E-state index in [1.165, 1.54) is 12.5 Å². The molecule has 0 bridgehead atoms. The van der Waals surface area contributed by atoms with Crippen LogP contribution in [0.4, 0.5) is 0 Å². The Bertz CT molecular complexity index is 667. The molecular weight excluding hydrogens is 316 g/mol. The fourth-order valence-corrected chi connectivity index (χ4v) is 7.27. The Balaban J connectivity index is 1.75. The zero-order valence-corrected chi connectivity index (χ0v) is 15.5. The lowest BCUT2D eigenvalue weighted by Gasteiger charge is -2.60. The summed E-state index contributed by atoms with van der Waals surface area (Å²) in [5.41, 5.74) is -0.744. The van der Waals surface area contributed by atoms with E-state index in [2.05, 4.69) is 6.92 Å². The number of hydrogen-bond donors (Lipinski definition) is 2. The second kappa shape index (κ2) is 5.26. The van der Waals surface area contributed by atoms with Crippen molar-refractivity contribution in [3.8, 4) is 0 Å². The highest BCUT2D eigenvalue weighted by molar-refractivity contribution is 5.91. The van der Waals surface area contributed by atoms with Gasteiger partial charge in [0, 0.05) is 11.8 Å². The molecule has 138 valence electrons. The van der Waals surface area contributed by atoms with E-state index in [-0.39, 0.29) is 28.8 Å². The Hall–Kier alpha value is -1.00. The smallest absolute Gasteiger partial charge is 0.161 e. The van der Waals surface area contributed by atoms with Crippen LogP contribution in [0.25, 0.3) is 0 Å². The second-order valence-electron chi connectivity index (χ2n) is 9.53. The highest BCUT2D eigenvalue weighted by atomic mass is 16.3. The van der Waals surface area contributed by atoms with Crippen molar-refractivity contribution in [2.75, 3.05) is 0 Å². The van der Waals surface area contributed by atoms with E-state index in [0.29, 0.717) is 25.2 Å². The van der Waals surface area contributed by atoms with Gasteiger partial charge in [-0.3, -0.25) is 9.59 Å². The Labute approximate surface area is 149 Å². The normalized spacial score (nSPS) is 52.0. The first-order valence-corrected chi connectivity index (χ1v) is 9.79. The third-order valence-corrected chi connectivity index (χ3v) is 8.63. The molecule has 0 spiro atoms. The van der Waals surface area contributed by atoms with Crippen LogP contribution < -0.4 is 0 Å². The van der Waals surface area contributed by atoms with Gasteiger partial charge >= 0.3 is 0 Å². The van der Waals surface area contributed by atoms with Crippen LogP contribution in [0.3, 0.4) is 0 Å². The lowest BCUT2D eigenvalue weighted by Crippen LogP contribution is -2.61. The number of allylic oxidation sites excluding steroid dienone is 1. The molecule has 0 aromatic carbocycles. The van der Waals surface area contributed by atoms with E-state index in [9.17, 15) is 19.8 Å². The van der Waals surface area contributed by atoms with Crippen molar-refractivity contribution in [2.24, 2.45) is 28.6 Å². The summed E-state index contributed by atoms with van der Waals surface area (Å²) in [6.07, 6.45) is 6.38. The molecule has 2 N–H and O–H groups in total. The van der Waals surface area contributed by atoms with Crippen molar-refractivity contribution in [3.63, 3.8) is 0 Å². The Morgan fingerprint density at radius 1 is 1.20 bits per heavy atom. The predicted octanol–water partition coefficient (Wildman–Crippen LogP) is 2.81. The number of fused-ring (bicyclic) bond motifs is 5. The maximum absolute atomic E-state index is 12.2. The molecule has 0 saturated heterocycles. The monoisotopic (exact) mass is 346 g/mol. The quantitative estimate of drug-likeness (QED) is 0.766. The van der Waals surface area contributed by atoms with Gasteiger partial charge in [0.25, 0.3) is 0 Å². The fourth-order valence-electron chi connectivity index (χ4n) is 7.27. The number of rotatable bonds is 1. The van der Waals surface area contributed by atoms with Crippen LogP contribution >= 0.6 is 0 Å². The van der Waals surface area contributed by atoms with Gasteiger partial charge in [-0.15, -0.1) is 0 Å². The number of carbonyl (C=O) groups is 2. The first-order chi connectivity index (χ1) is 11.6. The standard InChI is InChI=1S/C21H30O4/c1-12(22)21(25)9-7-16-15-5-4-13-10-14(23)6-8-19(13,2)18(15)17(24)11-20(16,21)3/h10,15-18,24-25H,4-9,11H2,1-3H3/t15-,16-,17?,18+,19-,20-,21-/m0/s1. The minimum Gasteiger partial charge on any atom is -0.393 e. The molecule has 7 atom stereocenters. The second-order valence-corrected chi connectivity index (χ2v) is 9.53. The molecular formula is C21H30O4. The van der Waals surface area contributed by atoms with Crippen LogP contribution in [0.2, 0.25) is 0 Å². The molecule has 4 aliphatic carbocycles. The summed E-state index contributed by atoms with van der Waals surface area (Å²) in [6.45, 7) is 5.73. The molecule has 0 aromatic rings. The maximum atomic E-state index is 12.2. The van der Waals surface area contributed by atoms with E-state index in [0.717, 1.165) is 25.7 Å². The van der Waals surface area contributed by atoms with E-state index in [4.69, 9.17) is 0 Å². The molecule has 0 heterocycles. The summed E-state index contributed by atoms with van der Waals surface area (Å²) in [5, 5.41) is 22.3. The van der Waals surface area contributed by atoms with Gasteiger partial charge in [-0.25, -0.2) is 0 Å². The van der Waals surface area contributed by atoms with E-state index >= 15 is 0 Å². The highest BCUT2D eigenvalue weighted by Crippen LogP contribution is 2.67. The number of aliphatic hydroxyl groups excluding tert-OH is 1. The van der Waals surface area contributed by atoms with Gasteiger partial charge in [0.2, 0.25) is 0 Å². The summed E-state index contributed by atoms with van der Waals surface area (Å²) >= 11 is 0. The summed E-state index contributed by atoms with van der Waals surface area (Å²) in [7, 11) is 0. The average molecular weight is 346 g/mol. The number of aliphatic hydroxyl groups is 2. The lowest BCUT2D eigenvalue weighted by molar-refractivity contribution is -0.179. The third-order valence-electron chi connectivity index (χ3n) is 8.63. The largest absolute Gasteiger partial charge is 0.393 e. The molecule has 4 nitrogen and oxygen atoms in total. The molecule has 0 amide bonds. The minimum atomic E-state index is -1.30. The molecule has 0 radical (unpaired) electrons. The Morgan fingerprint density at radius 2 is 1.92 bits per heavy atom. The van der Waals surface area contributed by atoms with Crippen LogP contribution in [0, 0.1) is 28.6 Å². The molecule has 0 aliphatic heterocycles. The predicted molar refractivity (Wildman–Crippen MR) is 93.7 cm³/mol. The molecule has 4 heteroatoms. The molecule has 25 heavy (non-hydrogen) atoms. The van der Waals surface area contributed by atoms with Crippen molar-refractivity contribution >= 4 is 11.6 Å². The summed E-state index contributed by atoms with van der Waals surface area (Å²) in [5.74, 6) is 0.776. The zero-order valence-electron chi connectivity index (χ0n) is 15.5. The summed E-state index contributed by atoms with van der Waals surface area (Å²) < 4.78 is 0. The average Bonchev–Trinajstić information content (AvgIpc) is 2.80. The summed E-state index contributed by atoms with van der Waals surface area (Å²) in [4.78, 5) is 24.1. The topological polar surface area (TPSA) is 74.6 Å². The van der Waals surface area contributed by atoms with Crippen LogP contribution in [-0.2, 0) is 9.59 Å². The van der Waals surface area contributed by atoms with Crippen LogP contribution in [0.5, 0.6) is 0 Å². The lowest BCUT2D eigenvalue weighted by atomic mass is 9.45. The molecule has 3 saturated carbocycles. The van der Waals surface area contributed by atoms with Gasteiger partial charge in [-0.05, 0) is 74.7 Å². The van der Waals surface area contributed by atoms with Gasteiger partial charge in [0.15, 0.2) is 11.6 Å². The molecule has 0 aromatic heterocycles. The van der Waals surface area contributed by atoms with E-state index in [1.807, 2.05) is 13.0 Å². The van der Waals surface area contributed by atoms with Crippen LogP contribution in [0.15, 0.2) is 11.6 Å². The van der Waals surface area contributed by atoms with Crippen molar-refractivity contribution < 1.29 is 19.8 Å². The fraction of sp³-hybridized carbons (Fsp3) is 0.810. The highest BCUT2D eigenvalue weighted by Gasteiger charge is 2.67. The van der Waals surface area contributed by atoms with Gasteiger partial charge in [0.05, 0.1) is 6.10 Å². The molecule has 4 aliphatic rings. The van der Waals surface area contributed by atoms with Crippen molar-refractivity contribution in [3.05, 3.63) is 11.6 Å². The molecule has 4 rings (SSSR count). The third kappa shape index (κ3) is 2.07. The first-order valence-electron chi connectivity index (χ1n) is 9.79. The number of carbonyl (C=O) groups excluding carboxylic acids is 2. The Morgan fingerprint density at radius 3 is 2.60 bits per heavy atom. The Kier molecular flexibility index (Phi) is 3.66. The van der Waals surface area contributed by atoms with Crippen molar-refractivity contribution in [1.82, 2.24) is 0 Å². The van der Waals surface area contributed by atoms with E-state index in [1.54, 1.807) is 0 Å². The van der Waals surface area contributed by atoms with Crippen molar-refractivity contribution in [1.29, 1.82) is 0 Å². The van der Waals surface area contributed by atoms with Gasteiger partial charge < -0.3 is 10.2 Å². The number of Topliss-reactive ketones (excluding diaryl/α,β-unsaturated/α-hetero) is 1. The van der Waals surface area contributed by atoms with Gasteiger partial charge in [0.1, 0.15) is 5.60 Å². The number of hydrogen-bond acceptors (Lipinski definition) is 4. The van der Waals surface area contributed by atoms with E-state index < -0.39 is 17.1 Å².